The summed E-state index contributed by atoms with van der Waals surface area (Å²) in [6.45, 7) is 0. The number of aliphatic hydroxyl groups excluding tert-OH is 1. The highest BCUT2D eigenvalue weighted by atomic mass is 35.5. The van der Waals surface area contributed by atoms with E-state index in [2.05, 4.69) is 0 Å². The van der Waals surface area contributed by atoms with E-state index in [0.717, 1.165) is 5.56 Å². The van der Waals surface area contributed by atoms with Crippen LogP contribution in [0, 0.1) is 5.82 Å². The molecule has 0 amide bonds. The van der Waals surface area contributed by atoms with Gasteiger partial charge in [0.05, 0.1) is 17.2 Å². The number of nitrogens with two attached hydrogens (primary N) is 1. The summed E-state index contributed by atoms with van der Waals surface area (Å²) in [6, 6.07) is 13.3. The first-order chi connectivity index (χ1) is 9.09. The molecular formula is C15H15ClFNO. The molecule has 0 bridgehead atoms. The van der Waals surface area contributed by atoms with E-state index in [1.54, 1.807) is 12.1 Å². The second kappa shape index (κ2) is 6.15. The van der Waals surface area contributed by atoms with Gasteiger partial charge in [-0.15, -0.1) is 0 Å². The Morgan fingerprint density at radius 3 is 2.47 bits per heavy atom. The van der Waals surface area contributed by atoms with Gasteiger partial charge in [0.25, 0.3) is 0 Å². The van der Waals surface area contributed by atoms with E-state index in [0.29, 0.717) is 6.42 Å². The number of benzene rings is 2. The Bertz CT molecular complexity index is 547. The van der Waals surface area contributed by atoms with Gasteiger partial charge in [-0.25, -0.2) is 4.39 Å². The van der Waals surface area contributed by atoms with Crippen LogP contribution in [0.2, 0.25) is 5.02 Å². The highest BCUT2D eigenvalue weighted by Crippen LogP contribution is 2.25. The summed E-state index contributed by atoms with van der Waals surface area (Å²) in [7, 11) is 0. The molecule has 0 radical (unpaired) electrons. The average Bonchev–Trinajstić information content (AvgIpc) is 2.42. The Hall–Kier alpha value is -1.42. The summed E-state index contributed by atoms with van der Waals surface area (Å²) in [5.74, 6) is -0.566. The third kappa shape index (κ3) is 3.32. The predicted molar refractivity (Wildman–Crippen MR) is 74.5 cm³/mol. The molecule has 0 fully saturated rings. The van der Waals surface area contributed by atoms with Gasteiger partial charge in [-0.1, -0.05) is 54.1 Å². The molecule has 0 saturated heterocycles. The van der Waals surface area contributed by atoms with Crippen LogP contribution in [-0.4, -0.2) is 11.2 Å². The van der Waals surface area contributed by atoms with Gasteiger partial charge in [-0.2, -0.15) is 0 Å². The van der Waals surface area contributed by atoms with Crippen molar-refractivity contribution in [2.45, 2.75) is 18.6 Å². The van der Waals surface area contributed by atoms with Crippen molar-refractivity contribution in [3.8, 4) is 0 Å². The lowest BCUT2D eigenvalue weighted by Crippen LogP contribution is -2.29. The third-order valence-corrected chi connectivity index (χ3v) is 3.33. The molecular weight excluding hydrogens is 265 g/mol. The van der Waals surface area contributed by atoms with Crippen molar-refractivity contribution >= 4 is 11.6 Å². The van der Waals surface area contributed by atoms with Crippen LogP contribution >= 0.6 is 11.6 Å². The molecule has 2 aromatic rings. The lowest BCUT2D eigenvalue weighted by Gasteiger charge is -2.20. The Kier molecular flexibility index (Phi) is 4.53. The molecule has 0 aromatic heterocycles. The van der Waals surface area contributed by atoms with Crippen LogP contribution in [0.15, 0.2) is 48.5 Å². The molecule has 2 nitrogen and oxygen atoms in total. The van der Waals surface area contributed by atoms with E-state index in [4.69, 9.17) is 17.3 Å². The zero-order chi connectivity index (χ0) is 13.8. The molecule has 3 N–H and O–H groups in total. The van der Waals surface area contributed by atoms with Crippen molar-refractivity contribution in [1.29, 1.82) is 0 Å². The number of rotatable bonds is 4. The minimum absolute atomic E-state index is 0.0138. The lowest BCUT2D eigenvalue weighted by molar-refractivity contribution is 0.143. The number of hydrogen-bond acceptors (Lipinski definition) is 2. The molecule has 2 rings (SSSR count). The topological polar surface area (TPSA) is 46.2 Å². The van der Waals surface area contributed by atoms with Crippen LogP contribution in [-0.2, 0) is 6.42 Å². The van der Waals surface area contributed by atoms with E-state index in [1.165, 1.54) is 6.07 Å². The van der Waals surface area contributed by atoms with Gasteiger partial charge >= 0.3 is 0 Å². The lowest BCUT2D eigenvalue weighted by atomic mass is 9.96. The molecule has 0 unspecified atom stereocenters. The zero-order valence-corrected chi connectivity index (χ0v) is 11.0. The van der Waals surface area contributed by atoms with Gasteiger partial charge in [0.2, 0.25) is 0 Å². The van der Waals surface area contributed by atoms with Gasteiger partial charge in [-0.3, -0.25) is 0 Å². The molecule has 0 aliphatic carbocycles. The predicted octanol–water partition coefficient (Wildman–Crippen LogP) is 3.08. The van der Waals surface area contributed by atoms with Crippen LogP contribution in [0.5, 0.6) is 0 Å². The SMILES string of the molecule is N[C@H](c1cccc(Cl)c1F)[C@@H](O)Cc1ccccc1. The first-order valence-corrected chi connectivity index (χ1v) is 6.39. The van der Waals surface area contributed by atoms with Crippen molar-refractivity contribution in [3.05, 3.63) is 70.5 Å². The zero-order valence-electron chi connectivity index (χ0n) is 10.3. The summed E-state index contributed by atoms with van der Waals surface area (Å²) >= 11 is 5.71. The minimum atomic E-state index is -0.865. The Labute approximate surface area is 116 Å². The van der Waals surface area contributed by atoms with Gasteiger partial charge in [0.15, 0.2) is 0 Å². The summed E-state index contributed by atoms with van der Waals surface area (Å²) in [5, 5.41) is 10.1. The van der Waals surface area contributed by atoms with Gasteiger partial charge < -0.3 is 10.8 Å². The van der Waals surface area contributed by atoms with E-state index < -0.39 is 18.0 Å². The van der Waals surface area contributed by atoms with Gasteiger partial charge in [-0.05, 0) is 11.6 Å². The van der Waals surface area contributed by atoms with E-state index in [1.807, 2.05) is 30.3 Å². The monoisotopic (exact) mass is 279 g/mol. The molecule has 19 heavy (non-hydrogen) atoms. The molecule has 0 heterocycles. The van der Waals surface area contributed by atoms with Crippen molar-refractivity contribution in [2.24, 2.45) is 5.73 Å². The molecule has 4 heteroatoms. The molecule has 0 spiro atoms. The molecule has 0 aliphatic heterocycles. The molecule has 100 valence electrons. The normalized spacial score (nSPS) is 14.1. The molecule has 0 saturated carbocycles. The van der Waals surface area contributed by atoms with Crippen LogP contribution in [0.1, 0.15) is 17.2 Å². The van der Waals surface area contributed by atoms with Crippen molar-refractivity contribution < 1.29 is 9.50 Å². The van der Waals surface area contributed by atoms with Crippen LogP contribution in [0.25, 0.3) is 0 Å². The Morgan fingerprint density at radius 2 is 1.79 bits per heavy atom. The minimum Gasteiger partial charge on any atom is -0.391 e. The highest BCUT2D eigenvalue weighted by Gasteiger charge is 2.21. The summed E-state index contributed by atoms with van der Waals surface area (Å²) in [5.41, 5.74) is 7.09. The average molecular weight is 280 g/mol. The van der Waals surface area contributed by atoms with Crippen molar-refractivity contribution in [3.63, 3.8) is 0 Å². The maximum Gasteiger partial charge on any atom is 0.146 e. The fraction of sp³-hybridized carbons (Fsp3) is 0.200. The van der Waals surface area contributed by atoms with Crippen molar-refractivity contribution in [1.82, 2.24) is 0 Å². The second-order valence-electron chi connectivity index (χ2n) is 4.43. The van der Waals surface area contributed by atoms with Crippen molar-refractivity contribution in [2.75, 3.05) is 0 Å². The third-order valence-electron chi connectivity index (χ3n) is 3.04. The first-order valence-electron chi connectivity index (χ1n) is 6.01. The smallest absolute Gasteiger partial charge is 0.146 e. The van der Waals surface area contributed by atoms with Crippen LogP contribution < -0.4 is 5.73 Å². The maximum absolute atomic E-state index is 13.8. The van der Waals surface area contributed by atoms with Gasteiger partial charge in [0, 0.05) is 12.0 Å². The summed E-state index contributed by atoms with van der Waals surface area (Å²) in [4.78, 5) is 0. The van der Waals surface area contributed by atoms with E-state index >= 15 is 0 Å². The fourth-order valence-corrected chi connectivity index (χ4v) is 2.15. The second-order valence-corrected chi connectivity index (χ2v) is 4.83. The quantitative estimate of drug-likeness (QED) is 0.903. The Balaban J connectivity index is 2.15. The molecule has 0 aliphatic rings. The number of hydrogen-bond donors (Lipinski definition) is 2. The highest BCUT2D eigenvalue weighted by molar-refractivity contribution is 6.30. The fourth-order valence-electron chi connectivity index (χ4n) is 1.97. The van der Waals surface area contributed by atoms with E-state index in [9.17, 15) is 9.50 Å². The molecule has 2 aromatic carbocycles. The van der Waals surface area contributed by atoms with Gasteiger partial charge in [0.1, 0.15) is 5.82 Å². The number of halogens is 2. The van der Waals surface area contributed by atoms with E-state index in [-0.39, 0.29) is 10.6 Å². The summed E-state index contributed by atoms with van der Waals surface area (Å²) < 4.78 is 13.8. The molecule has 2 atom stereocenters. The van der Waals surface area contributed by atoms with Crippen LogP contribution in [0.3, 0.4) is 0 Å². The number of aliphatic hydroxyl groups is 1. The standard InChI is InChI=1S/C15H15ClFNO/c16-12-8-4-7-11(14(12)17)15(18)13(19)9-10-5-2-1-3-6-10/h1-8,13,15,19H,9,18H2/t13-,15+/m0/s1. The maximum atomic E-state index is 13.8. The van der Waals surface area contributed by atoms with Crippen LogP contribution in [0.4, 0.5) is 4.39 Å². The largest absolute Gasteiger partial charge is 0.391 e. The summed E-state index contributed by atoms with van der Waals surface area (Å²) in [6.07, 6.45) is -0.496. The first kappa shape index (κ1) is 14.0. The Morgan fingerprint density at radius 1 is 1.11 bits per heavy atom.